The van der Waals surface area contributed by atoms with Crippen LogP contribution in [0.4, 0.5) is 0 Å². The summed E-state index contributed by atoms with van der Waals surface area (Å²) < 4.78 is 70.3. The summed E-state index contributed by atoms with van der Waals surface area (Å²) in [7, 11) is 18.9. The molecule has 0 saturated carbocycles. The Balaban J connectivity index is 1.13. The van der Waals surface area contributed by atoms with Crippen molar-refractivity contribution < 1.29 is 76.6 Å². The third-order valence-electron chi connectivity index (χ3n) is 19.5. The number of aromatic amines is 2. The highest BCUT2D eigenvalue weighted by atomic mass is 16.5. The number of carboxylic acid groups (broad SMARTS) is 2. The van der Waals surface area contributed by atoms with Crippen LogP contribution in [0.3, 0.4) is 0 Å². The fraction of sp³-hybridized carbons (Fsp3) is 0.167. The number of nitrogens with one attached hydrogen (secondary N) is 2. The number of ether oxygens (including phenoxy) is 12. The van der Waals surface area contributed by atoms with Gasteiger partial charge in [-0.15, -0.1) is 0 Å². The molecule has 4 N–H and O–H groups in total. The Kier molecular flexibility index (Phi) is 18.5. The number of benzene rings is 10. The Bertz CT molecular complexity index is 6030. The molecule has 0 fully saturated rings. The van der Waals surface area contributed by atoms with Gasteiger partial charge in [0.1, 0.15) is 22.6 Å². The molecule has 3 aromatic heterocycles. The standard InChI is InChI=1S/C84H70N8O16/c1-97-63-21-14-42(28-69(63)103-7)49-34-57-58(35-50(49)43-15-22-64(98-2)70(29-43)104-8)80-88-78(57)86-76-48-20-13-41(55(84(95)96)40-75(93)94)27-56(48)77(85-76)87-79-59-36-51(44-16-23-65(99-3)71(30-44)105-9)52(45-17-24-66(100-4)72(31-45)106-10)37-60(59)81(89-79)91-83-62-39-54(47-19-26-68(102-6)74(33-47)108-12)53(38-61(62)82(90-80)92-83)46-18-25-67(101-5)73(32-46)107-11/h13-39,55H,40H2,1-12H3,(H,93,94)(H,95,96)(H2,85,86,87,88,89,90,91,92). The molecule has 15 rings (SSSR count). The number of hydrogen-bond donors (Lipinski definition) is 4. The summed E-state index contributed by atoms with van der Waals surface area (Å²) >= 11 is 0. The van der Waals surface area contributed by atoms with Crippen molar-refractivity contribution in [2.45, 2.75) is 12.3 Å². The predicted molar refractivity (Wildman–Crippen MR) is 410 cm³/mol. The van der Waals surface area contributed by atoms with E-state index in [4.69, 9.17) is 86.7 Å². The van der Waals surface area contributed by atoms with Crippen LogP contribution in [0.15, 0.2) is 164 Å². The van der Waals surface area contributed by atoms with Crippen molar-refractivity contribution in [3.63, 3.8) is 0 Å². The zero-order chi connectivity index (χ0) is 75.3. The molecule has 2 aliphatic heterocycles. The first-order chi connectivity index (χ1) is 52.5. The second-order valence-electron chi connectivity index (χ2n) is 25.2. The third kappa shape index (κ3) is 12.3. The van der Waals surface area contributed by atoms with Crippen LogP contribution < -0.4 is 56.8 Å². The molecule has 0 spiro atoms. The van der Waals surface area contributed by atoms with Gasteiger partial charge in [-0.2, -0.15) is 0 Å². The van der Waals surface area contributed by atoms with Crippen molar-refractivity contribution in [3.05, 3.63) is 169 Å². The lowest BCUT2D eigenvalue weighted by atomic mass is 9.90. The molecule has 0 saturated heterocycles. The van der Waals surface area contributed by atoms with Gasteiger partial charge in [0.2, 0.25) is 0 Å². The smallest absolute Gasteiger partial charge is 0.311 e. The van der Waals surface area contributed by atoms with E-state index in [0.29, 0.717) is 130 Å². The molecule has 1 atom stereocenters. The first-order valence-electron chi connectivity index (χ1n) is 33.9. The first-order valence-corrected chi connectivity index (χ1v) is 33.9. The number of carboxylic acids is 2. The number of carbonyl (C=O) groups is 2. The molecular weight excluding hydrogens is 1380 g/mol. The molecule has 2 aliphatic rings. The molecule has 0 radical (unpaired) electrons. The molecule has 0 aliphatic carbocycles. The summed E-state index contributed by atoms with van der Waals surface area (Å²) in [6.07, 6.45) is -0.706. The van der Waals surface area contributed by atoms with Crippen molar-refractivity contribution in [1.82, 2.24) is 39.9 Å². The van der Waals surface area contributed by atoms with E-state index in [1.54, 1.807) is 104 Å². The Hall–Kier alpha value is -13.9. The molecule has 8 bridgehead atoms. The summed E-state index contributed by atoms with van der Waals surface area (Å²) in [5.74, 6) is 2.73. The van der Waals surface area contributed by atoms with Crippen molar-refractivity contribution in [2.24, 2.45) is 0 Å². The van der Waals surface area contributed by atoms with E-state index >= 15 is 0 Å². The van der Waals surface area contributed by atoms with Crippen LogP contribution in [-0.4, -0.2) is 147 Å². The Morgan fingerprint density at radius 2 is 0.519 bits per heavy atom. The minimum Gasteiger partial charge on any atom is -0.493 e. The molecule has 5 heterocycles. The predicted octanol–water partition coefficient (Wildman–Crippen LogP) is 16.6. The molecule has 24 heteroatoms. The van der Waals surface area contributed by atoms with E-state index in [0.717, 1.165) is 61.2 Å². The van der Waals surface area contributed by atoms with Gasteiger partial charge in [0.25, 0.3) is 0 Å². The zero-order valence-corrected chi connectivity index (χ0v) is 60.7. The Morgan fingerprint density at radius 3 is 0.759 bits per heavy atom. The minimum absolute atomic E-state index is 0.181. The summed E-state index contributed by atoms with van der Waals surface area (Å²) in [4.78, 5) is 65.8. The maximum Gasteiger partial charge on any atom is 0.311 e. The zero-order valence-electron chi connectivity index (χ0n) is 60.7. The summed E-state index contributed by atoms with van der Waals surface area (Å²) in [6.45, 7) is 0. The molecule has 542 valence electrons. The number of aliphatic carboxylic acids is 2. The van der Waals surface area contributed by atoms with Crippen molar-refractivity contribution in [3.8, 4) is 181 Å². The highest BCUT2D eigenvalue weighted by Gasteiger charge is 2.31. The molecular formula is C84H70N8O16. The second-order valence-corrected chi connectivity index (χ2v) is 25.2. The molecule has 13 aromatic rings. The Labute approximate surface area is 618 Å². The van der Waals surface area contributed by atoms with Gasteiger partial charge in [-0.25, -0.2) is 29.9 Å². The number of rotatable bonds is 22. The van der Waals surface area contributed by atoms with Crippen LogP contribution in [0.2, 0.25) is 0 Å². The van der Waals surface area contributed by atoms with E-state index in [9.17, 15) is 19.8 Å². The number of H-pyrrole nitrogens is 2. The van der Waals surface area contributed by atoms with Gasteiger partial charge in [0, 0.05) is 43.8 Å². The fourth-order valence-electron chi connectivity index (χ4n) is 14.1. The topological polar surface area (TPSA) is 294 Å². The van der Waals surface area contributed by atoms with E-state index < -0.39 is 24.3 Å². The minimum atomic E-state index is -1.46. The average Bonchev–Trinajstić information content (AvgIpc) is 1.57. The van der Waals surface area contributed by atoms with Crippen LogP contribution in [0.5, 0.6) is 69.0 Å². The van der Waals surface area contributed by atoms with Gasteiger partial charge in [0.05, 0.1) is 97.7 Å². The lowest BCUT2D eigenvalue weighted by molar-refractivity contribution is -0.145. The van der Waals surface area contributed by atoms with E-state index in [1.165, 1.54) is 0 Å². The average molecular weight is 1450 g/mol. The summed E-state index contributed by atoms with van der Waals surface area (Å²) in [5.41, 5.74) is 12.4. The monoisotopic (exact) mass is 1450 g/mol. The van der Waals surface area contributed by atoms with Gasteiger partial charge in [0.15, 0.2) is 92.3 Å². The summed E-state index contributed by atoms with van der Waals surface area (Å²) in [6, 6.07) is 51.2. The van der Waals surface area contributed by atoms with E-state index in [2.05, 4.69) is 16.0 Å². The maximum absolute atomic E-state index is 13.1. The van der Waals surface area contributed by atoms with Gasteiger partial charge in [-0.05, 0) is 188 Å². The highest BCUT2D eigenvalue weighted by molar-refractivity contribution is 6.11. The Morgan fingerprint density at radius 1 is 0.278 bits per heavy atom. The lowest BCUT2D eigenvalue weighted by Crippen LogP contribution is -2.15. The maximum atomic E-state index is 13.1. The first kappa shape index (κ1) is 69.8. The molecule has 0 amide bonds. The van der Waals surface area contributed by atoms with E-state index in [-0.39, 0.29) is 40.2 Å². The number of nitrogens with zero attached hydrogens (tertiary/aromatic N) is 6. The van der Waals surface area contributed by atoms with Gasteiger partial charge < -0.3 is 77.0 Å². The van der Waals surface area contributed by atoms with Gasteiger partial charge in [-0.1, -0.05) is 48.5 Å². The molecule has 1 unspecified atom stereocenters. The van der Waals surface area contributed by atoms with Gasteiger partial charge >= 0.3 is 11.9 Å². The largest absolute Gasteiger partial charge is 0.493 e. The van der Waals surface area contributed by atoms with Crippen LogP contribution in [0.1, 0.15) is 17.9 Å². The molecule has 24 nitrogen and oxygen atoms in total. The number of hydrogen-bond acceptors (Lipinski definition) is 20. The van der Waals surface area contributed by atoms with Crippen LogP contribution in [-0.2, 0) is 9.59 Å². The third-order valence-corrected chi connectivity index (χ3v) is 19.5. The number of fused-ring (bicyclic) bond motifs is 20. The van der Waals surface area contributed by atoms with Gasteiger partial charge in [-0.3, -0.25) is 9.59 Å². The van der Waals surface area contributed by atoms with Crippen molar-refractivity contribution >= 4 is 56.1 Å². The lowest BCUT2D eigenvalue weighted by Gasteiger charge is -2.16. The summed E-state index contributed by atoms with van der Waals surface area (Å²) in [5, 5.41) is 22.9. The van der Waals surface area contributed by atoms with Crippen LogP contribution in [0.25, 0.3) is 156 Å². The molecule has 10 aromatic carbocycles. The SMILES string of the molecule is COc1ccc(-c2cc3c(cc2-c2ccc(OC)c(OC)c2)-c2nc-3nc3[nH]c(nc4nc(nc5[nH]c(n2)c2cc(-c6ccc(OC)c(OC)c6)c(-c6ccc(OC)c(OC)c6)cc52)-c2cc(-c5ccc(OC)c(OC)c5)c(-c5ccc(OC)c(OC)c5)cc2-4)c2cc(C(CC(=O)O)C(=O)O)ccc32)cc1OC. The normalized spacial score (nSPS) is 11.7. The highest BCUT2D eigenvalue weighted by Crippen LogP contribution is 2.51. The fourth-order valence-corrected chi connectivity index (χ4v) is 14.1. The van der Waals surface area contributed by atoms with Crippen LogP contribution >= 0.6 is 0 Å². The van der Waals surface area contributed by atoms with Crippen LogP contribution in [0, 0.1) is 0 Å². The molecule has 108 heavy (non-hydrogen) atoms. The number of aromatic nitrogens is 8. The number of methoxy groups -OCH3 is 12. The van der Waals surface area contributed by atoms with Crippen molar-refractivity contribution in [1.29, 1.82) is 0 Å². The van der Waals surface area contributed by atoms with Crippen molar-refractivity contribution in [2.75, 3.05) is 85.3 Å². The van der Waals surface area contributed by atoms with E-state index in [1.807, 2.05) is 140 Å². The second kappa shape index (κ2) is 28.6. The quantitative estimate of drug-likeness (QED) is 0.0490.